The van der Waals surface area contributed by atoms with Gasteiger partial charge in [0, 0.05) is 16.3 Å². The summed E-state index contributed by atoms with van der Waals surface area (Å²) in [5, 5.41) is 34.6. The maximum atomic E-state index is 11.5. The van der Waals surface area contributed by atoms with Gasteiger partial charge in [-0.1, -0.05) is 82.9 Å². The lowest BCUT2D eigenvalue weighted by molar-refractivity contribution is 0.475. The molecule has 7 nitrogen and oxygen atoms in total. The van der Waals surface area contributed by atoms with Gasteiger partial charge in [-0.15, -0.1) is 21.9 Å². The highest BCUT2D eigenvalue weighted by Crippen LogP contribution is 2.42. The molecule has 0 spiro atoms. The first-order chi connectivity index (χ1) is 26.5. The second kappa shape index (κ2) is 17.4. The summed E-state index contributed by atoms with van der Waals surface area (Å²) >= 11 is 0. The number of phenols is 3. The van der Waals surface area contributed by atoms with Crippen LogP contribution >= 0.6 is 0 Å². The molecule has 0 aliphatic rings. The molecule has 2 heterocycles. The van der Waals surface area contributed by atoms with Crippen LogP contribution in [-0.2, 0) is 0 Å². The molecular weight excluding hydrogens is 683 g/mol. The van der Waals surface area contributed by atoms with Crippen LogP contribution in [0.5, 0.6) is 17.2 Å². The van der Waals surface area contributed by atoms with E-state index in [-0.39, 0.29) is 28.9 Å². The second-order valence-corrected chi connectivity index (χ2v) is 15.4. The molecular formula is C39H47B10N3O4. The fraction of sp³-hybridized carbons (Fsp3) is 0.154. The van der Waals surface area contributed by atoms with Crippen LogP contribution in [0, 0.1) is 0 Å². The zero-order valence-electron chi connectivity index (χ0n) is 35.4. The molecule has 5 aromatic rings. The van der Waals surface area contributed by atoms with Gasteiger partial charge < -0.3 is 19.7 Å². The third-order valence-electron chi connectivity index (χ3n) is 11.2. The van der Waals surface area contributed by atoms with E-state index in [1.54, 1.807) is 30.3 Å². The van der Waals surface area contributed by atoms with Crippen molar-refractivity contribution in [3.05, 3.63) is 104 Å². The highest BCUT2D eigenvalue weighted by atomic mass is 16.3. The minimum atomic E-state index is -0.0529. The molecule has 0 unspecified atom stereocenters. The lowest BCUT2D eigenvalue weighted by atomic mass is 9.65. The first-order valence-corrected chi connectivity index (χ1v) is 19.4. The van der Waals surface area contributed by atoms with E-state index in [0.29, 0.717) is 45.3 Å². The predicted molar refractivity (Wildman–Crippen MR) is 264 cm³/mol. The Morgan fingerprint density at radius 2 is 1.38 bits per heavy atom. The molecule has 0 atom stereocenters. The molecule has 272 valence electrons. The number of aromatic hydroxyl groups is 3. The number of rotatable bonds is 11. The van der Waals surface area contributed by atoms with Crippen molar-refractivity contribution in [1.82, 2.24) is 15.0 Å². The fourth-order valence-electron chi connectivity index (χ4n) is 7.35. The summed E-state index contributed by atoms with van der Waals surface area (Å²) in [7, 11) is 21.3. The third-order valence-corrected chi connectivity index (χ3v) is 11.2. The Balaban J connectivity index is 1.65. The van der Waals surface area contributed by atoms with E-state index >= 15 is 0 Å². The zero-order chi connectivity index (χ0) is 41.2. The maximum absolute atomic E-state index is 11.5. The Kier molecular flexibility index (Phi) is 13.1. The molecule has 2 aromatic heterocycles. The normalized spacial score (nSPS) is 14.2. The lowest BCUT2D eigenvalue weighted by Crippen LogP contribution is -2.31. The van der Waals surface area contributed by atoms with Crippen molar-refractivity contribution in [2.45, 2.75) is 39.9 Å². The molecule has 17 heteroatoms. The molecule has 0 fully saturated rings. The number of hydrogen-bond donors (Lipinski definition) is 3. The fourth-order valence-corrected chi connectivity index (χ4v) is 7.35. The van der Waals surface area contributed by atoms with Gasteiger partial charge in [0.25, 0.3) is 0 Å². The summed E-state index contributed by atoms with van der Waals surface area (Å²) in [5.74, 6) is 0.984. The van der Waals surface area contributed by atoms with Gasteiger partial charge in [0.1, 0.15) is 107 Å². The van der Waals surface area contributed by atoms with Crippen molar-refractivity contribution < 1.29 is 19.7 Å². The van der Waals surface area contributed by atoms with Crippen LogP contribution in [0.15, 0.2) is 103 Å². The van der Waals surface area contributed by atoms with E-state index in [1.165, 1.54) is 44.0 Å². The molecule has 0 amide bonds. The van der Waals surface area contributed by atoms with Crippen LogP contribution in [0.2, 0.25) is 6.32 Å². The largest absolute Gasteiger partial charge is 0.508 e. The number of hydrogen-bond acceptors (Lipinski definition) is 7. The molecule has 0 saturated heterocycles. The average Bonchev–Trinajstić information content (AvgIpc) is 3.52. The van der Waals surface area contributed by atoms with E-state index in [0.717, 1.165) is 34.7 Å². The average molecular weight is 730 g/mol. The van der Waals surface area contributed by atoms with E-state index in [1.807, 2.05) is 48.7 Å². The summed E-state index contributed by atoms with van der Waals surface area (Å²) in [6.45, 7) is 6.32. The van der Waals surface area contributed by atoms with Crippen molar-refractivity contribution in [1.29, 1.82) is 0 Å². The van der Waals surface area contributed by atoms with Gasteiger partial charge in [-0.05, 0) is 50.1 Å². The smallest absolute Gasteiger partial charge is 0.168 e. The minimum absolute atomic E-state index is 0.0529. The van der Waals surface area contributed by atoms with Crippen LogP contribution in [0.25, 0.3) is 50.3 Å². The van der Waals surface area contributed by atoms with Gasteiger partial charge in [0.15, 0.2) is 17.5 Å². The van der Waals surface area contributed by atoms with Crippen molar-refractivity contribution in [2.75, 3.05) is 0 Å². The molecule has 3 aromatic carbocycles. The highest BCUT2D eigenvalue weighted by molar-refractivity contribution is 6.52. The van der Waals surface area contributed by atoms with Crippen LogP contribution < -0.4 is 16.4 Å². The number of nitrogens with zero attached hydrogens (tertiary/aromatic N) is 3. The van der Waals surface area contributed by atoms with Crippen molar-refractivity contribution >= 4 is 122 Å². The SMILES string of the molecule is BC/C(B)=C(B)\C(C/C(B)=C(B)\C(C/C=C\C(=C/C)c1nc(-c2c(B)cc(B)c(B)c2O)nc(-c2c(O)ccc3oc4ccc(O)cc4c23)n1)=C(\B)C)=C(\B)C. The maximum Gasteiger partial charge on any atom is 0.168 e. The van der Waals surface area contributed by atoms with Gasteiger partial charge in [0.2, 0.25) is 0 Å². The molecule has 0 saturated carbocycles. The van der Waals surface area contributed by atoms with Gasteiger partial charge >= 0.3 is 0 Å². The van der Waals surface area contributed by atoms with Crippen LogP contribution in [0.1, 0.15) is 39.4 Å². The Bertz CT molecular complexity index is 2580. The number of phenolic OH excluding ortho intramolecular Hbond substituents is 3. The molecule has 56 heavy (non-hydrogen) atoms. The van der Waals surface area contributed by atoms with Gasteiger partial charge in [-0.25, -0.2) is 15.0 Å². The first kappa shape index (κ1) is 42.1. The Morgan fingerprint density at radius 1 is 0.750 bits per heavy atom. The van der Waals surface area contributed by atoms with Crippen molar-refractivity contribution in [3.8, 4) is 40.0 Å². The van der Waals surface area contributed by atoms with Crippen LogP contribution in [0.3, 0.4) is 0 Å². The Labute approximate surface area is 340 Å². The quantitative estimate of drug-likeness (QED) is 0.102. The summed E-state index contributed by atoms with van der Waals surface area (Å²) in [6, 6.07) is 10.1. The summed E-state index contributed by atoms with van der Waals surface area (Å²) < 4.78 is 6.13. The Hall–Kier alpha value is -5.04. The summed E-state index contributed by atoms with van der Waals surface area (Å²) in [6.07, 6.45) is 8.80. The second-order valence-electron chi connectivity index (χ2n) is 15.4. The molecule has 3 N–H and O–H groups in total. The topological polar surface area (TPSA) is 113 Å². The summed E-state index contributed by atoms with van der Waals surface area (Å²) in [5.41, 5.74) is 15.9. The molecule has 0 radical (unpaired) electrons. The Morgan fingerprint density at radius 3 is 2.00 bits per heavy atom. The molecule has 5 rings (SSSR count). The van der Waals surface area contributed by atoms with E-state index in [2.05, 4.69) is 74.8 Å². The number of benzene rings is 3. The number of aromatic nitrogens is 3. The highest BCUT2D eigenvalue weighted by Gasteiger charge is 2.23. The number of furan rings is 1. The van der Waals surface area contributed by atoms with Crippen LogP contribution in [0.4, 0.5) is 0 Å². The van der Waals surface area contributed by atoms with Gasteiger partial charge in [0.05, 0.1) is 11.1 Å². The molecule has 0 aliphatic heterocycles. The van der Waals surface area contributed by atoms with E-state index < -0.39 is 0 Å². The van der Waals surface area contributed by atoms with E-state index in [9.17, 15) is 15.3 Å². The zero-order valence-corrected chi connectivity index (χ0v) is 35.4. The van der Waals surface area contributed by atoms with Gasteiger partial charge in [-0.2, -0.15) is 0 Å². The monoisotopic (exact) mass is 731 g/mol. The third kappa shape index (κ3) is 8.52. The van der Waals surface area contributed by atoms with Gasteiger partial charge in [-0.3, -0.25) is 0 Å². The molecule has 0 bridgehead atoms. The standard InChI is InChI=1S/C39H47B10N3O4/c1-4-18(6-5-7-20(16(2)41)33(47)24(44)13-21(17(3)42)34(48)26(46)15-40)37-50-38(31-23(43)14-25(45)35(49)36(31)55)52-39(51-37)32-27(54)9-11-29-30(32)22-12-19(53)8-10-28(22)56-29/h4-6,8-12,14,53-55H,7,13,15,40-49H2,1-3H3/b6-5-,18-4+,20-16+,21-17+,33-24-,34-26-. The predicted octanol–water partition coefficient (Wildman–Crippen LogP) is -2.44. The van der Waals surface area contributed by atoms with E-state index in [4.69, 9.17) is 19.4 Å². The van der Waals surface area contributed by atoms with Crippen molar-refractivity contribution in [2.24, 2.45) is 0 Å². The van der Waals surface area contributed by atoms with Crippen molar-refractivity contribution in [3.63, 3.8) is 0 Å². The number of fused-ring (bicyclic) bond motifs is 3. The van der Waals surface area contributed by atoms with Crippen LogP contribution in [-0.4, -0.2) is 109 Å². The summed E-state index contributed by atoms with van der Waals surface area (Å²) in [4.78, 5) is 14.9. The minimum Gasteiger partial charge on any atom is -0.508 e. The molecule has 0 aliphatic carbocycles. The first-order valence-electron chi connectivity index (χ1n) is 19.4. The number of allylic oxidation sites excluding steroid dienone is 12. The lowest BCUT2D eigenvalue weighted by Gasteiger charge is -2.19.